The van der Waals surface area contributed by atoms with E-state index in [0.29, 0.717) is 6.04 Å². The Labute approximate surface area is 92.1 Å². The van der Waals surface area contributed by atoms with Gasteiger partial charge in [-0.05, 0) is 56.5 Å². The molecule has 2 rings (SSSR count). The highest BCUT2D eigenvalue weighted by molar-refractivity contribution is 5.48. The monoisotopic (exact) mass is 204 g/mol. The van der Waals surface area contributed by atoms with Crippen LogP contribution in [-0.4, -0.2) is 19.1 Å². The molecule has 1 fully saturated rings. The average molecular weight is 204 g/mol. The van der Waals surface area contributed by atoms with E-state index < -0.39 is 0 Å². The molecule has 2 heteroatoms. The number of benzene rings is 1. The molecule has 0 radical (unpaired) electrons. The molecule has 1 aliphatic heterocycles. The summed E-state index contributed by atoms with van der Waals surface area (Å²) in [4.78, 5) is 0. The van der Waals surface area contributed by atoms with Crippen molar-refractivity contribution >= 4 is 5.69 Å². The molecule has 82 valence electrons. The molecule has 0 spiro atoms. The Morgan fingerprint density at radius 1 is 1.27 bits per heavy atom. The maximum atomic E-state index is 3.59. The van der Waals surface area contributed by atoms with Crippen molar-refractivity contribution in [3.63, 3.8) is 0 Å². The van der Waals surface area contributed by atoms with Crippen LogP contribution < -0.4 is 10.6 Å². The van der Waals surface area contributed by atoms with Gasteiger partial charge in [0.2, 0.25) is 0 Å². The second kappa shape index (κ2) is 4.67. The number of hydrogen-bond acceptors (Lipinski definition) is 2. The molecule has 0 aliphatic carbocycles. The van der Waals surface area contributed by atoms with Gasteiger partial charge in [0.1, 0.15) is 0 Å². The minimum atomic E-state index is 0.598. The third kappa shape index (κ3) is 2.72. The Hall–Kier alpha value is -1.02. The molecule has 0 amide bonds. The van der Waals surface area contributed by atoms with Crippen molar-refractivity contribution in [3.8, 4) is 0 Å². The summed E-state index contributed by atoms with van der Waals surface area (Å²) in [6, 6.07) is 7.20. The van der Waals surface area contributed by atoms with Crippen LogP contribution in [0.2, 0.25) is 0 Å². The minimum Gasteiger partial charge on any atom is -0.381 e. The summed E-state index contributed by atoms with van der Waals surface area (Å²) < 4.78 is 0. The second-order valence-corrected chi connectivity index (χ2v) is 4.49. The first-order chi connectivity index (χ1) is 7.25. The predicted molar refractivity (Wildman–Crippen MR) is 65.4 cm³/mol. The fourth-order valence-electron chi connectivity index (χ4n) is 2.04. The third-order valence-electron chi connectivity index (χ3n) is 3.17. The maximum absolute atomic E-state index is 3.59. The van der Waals surface area contributed by atoms with Gasteiger partial charge in [0.05, 0.1) is 0 Å². The molecular weight excluding hydrogens is 184 g/mol. The van der Waals surface area contributed by atoms with Crippen LogP contribution in [0.25, 0.3) is 0 Å². The molecule has 15 heavy (non-hydrogen) atoms. The van der Waals surface area contributed by atoms with Crippen molar-refractivity contribution in [2.75, 3.05) is 18.4 Å². The average Bonchev–Trinajstić information content (AvgIpc) is 2.25. The van der Waals surface area contributed by atoms with Crippen LogP contribution in [0.3, 0.4) is 0 Å². The Morgan fingerprint density at radius 3 is 2.80 bits per heavy atom. The van der Waals surface area contributed by atoms with Crippen LogP contribution in [0.1, 0.15) is 24.0 Å². The molecule has 1 saturated heterocycles. The topological polar surface area (TPSA) is 24.1 Å². The van der Waals surface area contributed by atoms with E-state index >= 15 is 0 Å². The number of rotatable bonds is 2. The predicted octanol–water partition coefficient (Wildman–Crippen LogP) is 2.47. The van der Waals surface area contributed by atoms with Crippen LogP contribution in [-0.2, 0) is 0 Å². The summed E-state index contributed by atoms with van der Waals surface area (Å²) in [6.45, 7) is 6.58. The van der Waals surface area contributed by atoms with Crippen LogP contribution in [0.4, 0.5) is 5.69 Å². The van der Waals surface area contributed by atoms with Gasteiger partial charge in [0.15, 0.2) is 0 Å². The van der Waals surface area contributed by atoms with Crippen molar-refractivity contribution in [1.29, 1.82) is 0 Å². The van der Waals surface area contributed by atoms with E-state index in [1.54, 1.807) is 0 Å². The minimum absolute atomic E-state index is 0.598. The van der Waals surface area contributed by atoms with Gasteiger partial charge in [0, 0.05) is 18.3 Å². The first kappa shape index (κ1) is 10.5. The zero-order chi connectivity index (χ0) is 10.7. The van der Waals surface area contributed by atoms with Crippen molar-refractivity contribution in [1.82, 2.24) is 5.32 Å². The number of aryl methyl sites for hydroxylation is 2. The van der Waals surface area contributed by atoms with Gasteiger partial charge in [-0.15, -0.1) is 0 Å². The second-order valence-electron chi connectivity index (χ2n) is 4.49. The molecule has 0 saturated carbocycles. The molecule has 1 heterocycles. The molecule has 2 nitrogen and oxygen atoms in total. The Kier molecular flexibility index (Phi) is 3.27. The van der Waals surface area contributed by atoms with E-state index in [-0.39, 0.29) is 0 Å². The molecule has 1 aromatic carbocycles. The van der Waals surface area contributed by atoms with Crippen molar-refractivity contribution in [2.24, 2.45) is 0 Å². The van der Waals surface area contributed by atoms with E-state index in [9.17, 15) is 0 Å². The molecule has 1 atom stereocenters. The Balaban J connectivity index is 2.00. The zero-order valence-electron chi connectivity index (χ0n) is 9.64. The molecular formula is C13H20N2. The van der Waals surface area contributed by atoms with Crippen molar-refractivity contribution in [3.05, 3.63) is 29.3 Å². The zero-order valence-corrected chi connectivity index (χ0v) is 9.64. The van der Waals surface area contributed by atoms with Crippen LogP contribution >= 0.6 is 0 Å². The fourth-order valence-corrected chi connectivity index (χ4v) is 2.04. The Bertz CT molecular complexity index is 327. The van der Waals surface area contributed by atoms with E-state index in [4.69, 9.17) is 0 Å². The lowest BCUT2D eigenvalue weighted by molar-refractivity contribution is 0.480. The van der Waals surface area contributed by atoms with Crippen molar-refractivity contribution < 1.29 is 0 Å². The molecule has 2 N–H and O–H groups in total. The Morgan fingerprint density at radius 2 is 2.13 bits per heavy atom. The van der Waals surface area contributed by atoms with Gasteiger partial charge in [0.25, 0.3) is 0 Å². The van der Waals surface area contributed by atoms with Gasteiger partial charge in [-0.2, -0.15) is 0 Å². The molecule has 0 bridgehead atoms. The number of piperidine rings is 1. The quantitative estimate of drug-likeness (QED) is 0.773. The van der Waals surface area contributed by atoms with Gasteiger partial charge in [-0.3, -0.25) is 0 Å². The highest BCUT2D eigenvalue weighted by Gasteiger charge is 2.12. The van der Waals surface area contributed by atoms with Crippen molar-refractivity contribution in [2.45, 2.75) is 32.7 Å². The summed E-state index contributed by atoms with van der Waals surface area (Å²) in [5.74, 6) is 0. The SMILES string of the molecule is Cc1ccc(N[C@H]2CCCNC2)cc1C. The normalized spacial score (nSPS) is 21.3. The highest BCUT2D eigenvalue weighted by atomic mass is 15.0. The van der Waals surface area contributed by atoms with Gasteiger partial charge >= 0.3 is 0 Å². The summed E-state index contributed by atoms with van der Waals surface area (Å²) >= 11 is 0. The number of hydrogen-bond donors (Lipinski definition) is 2. The van der Waals surface area contributed by atoms with Gasteiger partial charge in [-0.25, -0.2) is 0 Å². The lowest BCUT2D eigenvalue weighted by atomic mass is 10.1. The van der Waals surface area contributed by atoms with Gasteiger partial charge < -0.3 is 10.6 Å². The van der Waals surface area contributed by atoms with Crippen LogP contribution in [0.5, 0.6) is 0 Å². The van der Waals surface area contributed by atoms with Crippen LogP contribution in [0, 0.1) is 13.8 Å². The molecule has 0 aromatic heterocycles. The first-order valence-electron chi connectivity index (χ1n) is 5.80. The standard InChI is InChI=1S/C13H20N2/c1-10-5-6-12(8-11(10)2)15-13-4-3-7-14-9-13/h5-6,8,13-15H,3-4,7,9H2,1-2H3/t13-/m0/s1. The van der Waals surface area contributed by atoms with E-state index in [2.05, 4.69) is 42.7 Å². The lowest BCUT2D eigenvalue weighted by Gasteiger charge is -2.25. The fraction of sp³-hybridized carbons (Fsp3) is 0.538. The van der Waals surface area contributed by atoms with E-state index in [1.165, 1.54) is 36.2 Å². The summed E-state index contributed by atoms with van der Waals surface area (Å²) in [5.41, 5.74) is 3.98. The smallest absolute Gasteiger partial charge is 0.0386 e. The third-order valence-corrected chi connectivity index (χ3v) is 3.17. The van der Waals surface area contributed by atoms with E-state index in [1.807, 2.05) is 0 Å². The molecule has 1 aromatic rings. The summed E-state index contributed by atoms with van der Waals surface area (Å²) in [7, 11) is 0. The summed E-state index contributed by atoms with van der Waals surface area (Å²) in [6.07, 6.45) is 2.56. The largest absolute Gasteiger partial charge is 0.381 e. The number of nitrogens with one attached hydrogen (secondary N) is 2. The molecule has 0 unspecified atom stereocenters. The summed E-state index contributed by atoms with van der Waals surface area (Å²) in [5, 5.41) is 7.00. The van der Waals surface area contributed by atoms with Gasteiger partial charge in [-0.1, -0.05) is 6.07 Å². The van der Waals surface area contributed by atoms with E-state index in [0.717, 1.165) is 6.54 Å². The molecule has 1 aliphatic rings. The maximum Gasteiger partial charge on any atom is 0.0386 e. The van der Waals surface area contributed by atoms with Crippen LogP contribution in [0.15, 0.2) is 18.2 Å². The first-order valence-corrected chi connectivity index (χ1v) is 5.80. The number of anilines is 1. The highest BCUT2D eigenvalue weighted by Crippen LogP contribution is 2.16. The lowest BCUT2D eigenvalue weighted by Crippen LogP contribution is -2.38.